The average Bonchev–Trinajstić information content (AvgIpc) is 3.85. The molecule has 0 radical (unpaired) electrons. The predicted molar refractivity (Wildman–Crippen MR) is 233 cm³/mol. The molecule has 0 N–H and O–H groups in total. The molecule has 262 valence electrons. The fourth-order valence-corrected chi connectivity index (χ4v) is 8.98. The summed E-state index contributed by atoms with van der Waals surface area (Å²) < 4.78 is 8.56. The average molecular weight is 734 g/mol. The molecule has 3 aromatic heterocycles. The summed E-state index contributed by atoms with van der Waals surface area (Å²) in [4.78, 5) is 15.5. The van der Waals surface area contributed by atoms with Gasteiger partial charge in [0.2, 0.25) is 0 Å². The molecule has 0 aliphatic rings. The Hall–Kier alpha value is -7.21. The Morgan fingerprint density at radius 1 is 0.321 bits per heavy atom. The van der Waals surface area contributed by atoms with Gasteiger partial charge in [-0.2, -0.15) is 0 Å². The summed E-state index contributed by atoms with van der Waals surface area (Å²) >= 11 is 1.80. The molecule has 0 aliphatic carbocycles. The zero-order chi connectivity index (χ0) is 37.0. The summed E-state index contributed by atoms with van der Waals surface area (Å²) in [7, 11) is 0. The third kappa shape index (κ3) is 5.56. The minimum absolute atomic E-state index is 0.616. The summed E-state index contributed by atoms with van der Waals surface area (Å²) in [5.41, 5.74) is 11.7. The topological polar surface area (TPSA) is 51.8 Å². The number of para-hydroxylation sites is 1. The summed E-state index contributed by atoms with van der Waals surface area (Å²) in [5.74, 6) is 1.89. The number of nitrogens with zero attached hydrogens (tertiary/aromatic N) is 3. The van der Waals surface area contributed by atoms with E-state index in [4.69, 9.17) is 19.4 Å². The highest BCUT2D eigenvalue weighted by Crippen LogP contribution is 2.43. The minimum atomic E-state index is 0.616. The van der Waals surface area contributed by atoms with Crippen LogP contribution in [0.5, 0.6) is 0 Å². The number of rotatable bonds is 6. The van der Waals surface area contributed by atoms with Crippen molar-refractivity contribution in [1.29, 1.82) is 0 Å². The van der Waals surface area contributed by atoms with Crippen LogP contribution in [-0.4, -0.2) is 15.0 Å². The van der Waals surface area contributed by atoms with Crippen molar-refractivity contribution in [3.8, 4) is 67.5 Å². The number of thiophene rings is 1. The standard InChI is InChI=1S/C51H31N3OS/c1-3-13-32(14-4-1)34-17-11-18-35(29-34)38-19-7-8-20-39(38)36-26-28-46-43(30-36)48-41(22-12-24-47(48)56-46)51-53-49(33-15-5-2-6-16-33)52-50(54-51)37-25-27-45-42(31-37)40-21-9-10-23-44(40)55-45/h1-31H. The van der Waals surface area contributed by atoms with E-state index < -0.39 is 0 Å². The van der Waals surface area contributed by atoms with Crippen molar-refractivity contribution >= 4 is 53.4 Å². The van der Waals surface area contributed by atoms with Gasteiger partial charge in [0.15, 0.2) is 17.5 Å². The van der Waals surface area contributed by atoms with E-state index in [0.717, 1.165) is 49.6 Å². The van der Waals surface area contributed by atoms with E-state index in [2.05, 4.69) is 140 Å². The van der Waals surface area contributed by atoms with Crippen LogP contribution in [0.25, 0.3) is 110 Å². The summed E-state index contributed by atoms with van der Waals surface area (Å²) in [6.45, 7) is 0. The number of hydrogen-bond donors (Lipinski definition) is 0. The van der Waals surface area contributed by atoms with E-state index >= 15 is 0 Å². The molecule has 0 spiro atoms. The Morgan fingerprint density at radius 3 is 1.71 bits per heavy atom. The maximum atomic E-state index is 6.16. The third-order valence-corrected chi connectivity index (χ3v) is 11.7. The van der Waals surface area contributed by atoms with Gasteiger partial charge < -0.3 is 4.42 Å². The van der Waals surface area contributed by atoms with Gasteiger partial charge in [-0.15, -0.1) is 11.3 Å². The van der Waals surface area contributed by atoms with Crippen LogP contribution in [0.1, 0.15) is 0 Å². The fourth-order valence-electron chi connectivity index (χ4n) is 7.87. The third-order valence-electron chi connectivity index (χ3n) is 10.6. The molecule has 0 saturated heterocycles. The second-order valence-electron chi connectivity index (χ2n) is 14.0. The minimum Gasteiger partial charge on any atom is -0.456 e. The quantitative estimate of drug-likeness (QED) is 0.171. The lowest BCUT2D eigenvalue weighted by Crippen LogP contribution is -2.00. The molecule has 4 nitrogen and oxygen atoms in total. The number of furan rings is 1. The lowest BCUT2D eigenvalue weighted by atomic mass is 9.92. The number of fused-ring (bicyclic) bond motifs is 6. The van der Waals surface area contributed by atoms with E-state index in [1.54, 1.807) is 11.3 Å². The molecule has 0 fully saturated rings. The monoisotopic (exact) mass is 733 g/mol. The smallest absolute Gasteiger partial charge is 0.164 e. The van der Waals surface area contributed by atoms with Crippen molar-refractivity contribution in [1.82, 2.24) is 15.0 Å². The Morgan fingerprint density at radius 2 is 0.893 bits per heavy atom. The molecule has 0 aliphatic heterocycles. The maximum absolute atomic E-state index is 6.16. The molecule has 0 bridgehead atoms. The highest BCUT2D eigenvalue weighted by atomic mass is 32.1. The van der Waals surface area contributed by atoms with Crippen LogP contribution in [0, 0.1) is 0 Å². The molecule has 3 heterocycles. The largest absolute Gasteiger partial charge is 0.456 e. The Balaban J connectivity index is 1.08. The molecule has 11 aromatic rings. The van der Waals surface area contributed by atoms with Crippen molar-refractivity contribution in [2.45, 2.75) is 0 Å². The van der Waals surface area contributed by atoms with E-state index in [9.17, 15) is 0 Å². The van der Waals surface area contributed by atoms with Crippen molar-refractivity contribution in [2.24, 2.45) is 0 Å². The number of aromatic nitrogens is 3. The van der Waals surface area contributed by atoms with Crippen molar-refractivity contribution in [2.75, 3.05) is 0 Å². The molecular formula is C51H31N3OS. The summed E-state index contributed by atoms with van der Waals surface area (Å²) in [6.07, 6.45) is 0. The Bertz CT molecular complexity index is 3260. The first-order valence-corrected chi connectivity index (χ1v) is 19.5. The van der Waals surface area contributed by atoms with Crippen LogP contribution in [0.4, 0.5) is 0 Å². The predicted octanol–water partition coefficient (Wildman–Crippen LogP) is 14.1. The van der Waals surface area contributed by atoms with Gasteiger partial charge in [-0.3, -0.25) is 0 Å². The van der Waals surface area contributed by atoms with Crippen LogP contribution in [0.2, 0.25) is 0 Å². The van der Waals surface area contributed by atoms with Crippen molar-refractivity contribution < 1.29 is 4.42 Å². The van der Waals surface area contributed by atoms with E-state index in [1.165, 1.54) is 42.6 Å². The van der Waals surface area contributed by atoms with Gasteiger partial charge in [0.05, 0.1) is 0 Å². The molecule has 56 heavy (non-hydrogen) atoms. The van der Waals surface area contributed by atoms with Crippen LogP contribution < -0.4 is 0 Å². The molecule has 0 unspecified atom stereocenters. The molecule has 5 heteroatoms. The second-order valence-corrected chi connectivity index (χ2v) is 15.0. The maximum Gasteiger partial charge on any atom is 0.164 e. The Labute approximate surface area is 327 Å². The van der Waals surface area contributed by atoms with Gasteiger partial charge in [-0.1, -0.05) is 140 Å². The lowest BCUT2D eigenvalue weighted by Gasteiger charge is -2.12. The van der Waals surface area contributed by atoms with Gasteiger partial charge in [0.25, 0.3) is 0 Å². The normalized spacial score (nSPS) is 11.6. The van der Waals surface area contributed by atoms with Gasteiger partial charge in [0, 0.05) is 47.6 Å². The summed E-state index contributed by atoms with van der Waals surface area (Å²) in [6, 6.07) is 65.9. The van der Waals surface area contributed by atoms with Crippen LogP contribution in [0.3, 0.4) is 0 Å². The fraction of sp³-hybridized carbons (Fsp3) is 0. The van der Waals surface area contributed by atoms with Crippen molar-refractivity contribution in [3.05, 3.63) is 188 Å². The van der Waals surface area contributed by atoms with Crippen molar-refractivity contribution in [3.63, 3.8) is 0 Å². The number of hydrogen-bond acceptors (Lipinski definition) is 5. The molecular weight excluding hydrogens is 703 g/mol. The molecule has 0 amide bonds. The zero-order valence-corrected chi connectivity index (χ0v) is 30.9. The van der Waals surface area contributed by atoms with Crippen LogP contribution >= 0.6 is 11.3 Å². The molecule has 8 aromatic carbocycles. The lowest BCUT2D eigenvalue weighted by molar-refractivity contribution is 0.669. The second kappa shape index (κ2) is 13.3. The SMILES string of the molecule is c1ccc(-c2cccc(-c3ccccc3-c3ccc4sc5cccc(-c6nc(-c7ccccc7)nc(-c7ccc8oc9ccccc9c8c7)n6)c5c4c3)c2)cc1. The molecule has 11 rings (SSSR count). The molecule has 0 saturated carbocycles. The van der Waals surface area contributed by atoms with Crippen LogP contribution in [0.15, 0.2) is 192 Å². The van der Waals surface area contributed by atoms with Crippen LogP contribution in [-0.2, 0) is 0 Å². The van der Waals surface area contributed by atoms with E-state index in [0.29, 0.717) is 17.5 Å². The highest BCUT2D eigenvalue weighted by Gasteiger charge is 2.19. The Kier molecular flexibility index (Phi) is 7.64. The van der Waals surface area contributed by atoms with Gasteiger partial charge in [-0.05, 0) is 81.9 Å². The van der Waals surface area contributed by atoms with Gasteiger partial charge in [-0.25, -0.2) is 15.0 Å². The molecule has 0 atom stereocenters. The first-order chi connectivity index (χ1) is 27.7. The van der Waals surface area contributed by atoms with Gasteiger partial charge >= 0.3 is 0 Å². The first kappa shape index (κ1) is 32.2. The van der Waals surface area contributed by atoms with Gasteiger partial charge in [0.1, 0.15) is 11.2 Å². The summed E-state index contributed by atoms with van der Waals surface area (Å²) in [5, 5.41) is 4.43. The highest BCUT2D eigenvalue weighted by molar-refractivity contribution is 7.26. The first-order valence-electron chi connectivity index (χ1n) is 18.7. The number of benzene rings is 8. The zero-order valence-electron chi connectivity index (χ0n) is 30.1. The van der Waals surface area contributed by atoms with E-state index in [1.807, 2.05) is 48.5 Å². The van der Waals surface area contributed by atoms with E-state index in [-0.39, 0.29) is 0 Å².